The maximum Gasteiger partial charge on any atom is 0.126 e. The molecule has 1 N–H and O–H groups in total. The molecule has 2 rings (SSSR count). The average molecular weight is 216 g/mol. The molecule has 1 aliphatic heterocycles. The van der Waals surface area contributed by atoms with Gasteiger partial charge in [0.25, 0.3) is 0 Å². The molecule has 1 saturated carbocycles. The third-order valence-electron chi connectivity index (χ3n) is 2.40. The van der Waals surface area contributed by atoms with Crippen LogP contribution in [-0.4, -0.2) is 17.6 Å². The number of hydrazine groups is 1. The zero-order valence-corrected chi connectivity index (χ0v) is 8.70. The minimum atomic E-state index is 0.274. The second-order valence-electron chi connectivity index (χ2n) is 3.53. The fourth-order valence-electron chi connectivity index (χ4n) is 1.68. The molecule has 0 aromatic heterocycles. The topological polar surface area (TPSA) is 36.9 Å². The molecule has 1 aliphatic carbocycles. The fraction of sp³-hybridized carbons (Fsp3) is 0.667. The van der Waals surface area contributed by atoms with E-state index in [1.54, 1.807) is 12.3 Å². The molecule has 0 atom stereocenters. The number of nitrogens with one attached hydrogen (secondary N) is 1. The quantitative estimate of drug-likeness (QED) is 0.718. The predicted molar refractivity (Wildman–Crippen MR) is 55.4 cm³/mol. The molecule has 0 radical (unpaired) electrons. The first-order valence-corrected chi connectivity index (χ1v) is 5.36. The van der Waals surface area contributed by atoms with Gasteiger partial charge in [-0.3, -0.25) is 0 Å². The highest BCUT2D eigenvalue weighted by atomic mass is 35.5. The van der Waals surface area contributed by atoms with Crippen LogP contribution in [0.5, 0.6) is 0 Å². The van der Waals surface area contributed by atoms with Crippen LogP contribution in [0.1, 0.15) is 32.1 Å². The van der Waals surface area contributed by atoms with Gasteiger partial charge >= 0.3 is 0 Å². The summed E-state index contributed by atoms with van der Waals surface area (Å²) in [6, 6.07) is 0. The van der Waals surface area contributed by atoms with Gasteiger partial charge in [0.05, 0.1) is 12.3 Å². The molecule has 0 aromatic carbocycles. The molecule has 14 heavy (non-hydrogen) atoms. The molecule has 0 saturated heterocycles. The lowest BCUT2D eigenvalue weighted by Gasteiger charge is -2.28. The number of hydrogen-bond donors (Lipinski definition) is 1. The van der Waals surface area contributed by atoms with Crippen LogP contribution in [0.15, 0.2) is 16.3 Å². The molecule has 1 heterocycles. The highest BCUT2D eigenvalue weighted by Crippen LogP contribution is 2.21. The number of nitrogens with zero attached hydrogens (tertiary/aromatic N) is 2. The van der Waals surface area contributed by atoms with Gasteiger partial charge in [0.2, 0.25) is 0 Å². The lowest BCUT2D eigenvalue weighted by Crippen LogP contribution is -2.37. The Morgan fingerprint density at radius 3 is 2.93 bits per heavy atom. The lowest BCUT2D eigenvalue weighted by atomic mass is 9.98. The summed E-state index contributed by atoms with van der Waals surface area (Å²) in [5.74, 6) is 0. The summed E-state index contributed by atoms with van der Waals surface area (Å²) >= 11 is 5.77. The molecule has 0 aromatic rings. The SMILES string of the molecule is ClC1=CC=NN(OC2CCCCC2)N1. The molecule has 5 heteroatoms. The predicted octanol–water partition coefficient (Wildman–Crippen LogP) is 2.14. The van der Waals surface area contributed by atoms with Crippen molar-refractivity contribution in [2.24, 2.45) is 5.10 Å². The van der Waals surface area contributed by atoms with E-state index in [4.69, 9.17) is 16.4 Å². The first-order valence-electron chi connectivity index (χ1n) is 4.98. The third kappa shape index (κ3) is 2.62. The van der Waals surface area contributed by atoms with E-state index in [0.717, 1.165) is 12.8 Å². The zero-order valence-electron chi connectivity index (χ0n) is 7.95. The van der Waals surface area contributed by atoms with E-state index in [1.165, 1.54) is 24.5 Å². The summed E-state index contributed by atoms with van der Waals surface area (Å²) in [7, 11) is 0. The summed E-state index contributed by atoms with van der Waals surface area (Å²) < 4.78 is 0. The number of hydrogen-bond acceptors (Lipinski definition) is 4. The minimum absolute atomic E-state index is 0.274. The third-order valence-corrected chi connectivity index (χ3v) is 2.61. The average Bonchev–Trinajstić information content (AvgIpc) is 2.19. The fourth-order valence-corrected chi connectivity index (χ4v) is 1.81. The van der Waals surface area contributed by atoms with Gasteiger partial charge in [0, 0.05) is 0 Å². The molecular weight excluding hydrogens is 202 g/mol. The van der Waals surface area contributed by atoms with Gasteiger partial charge in [-0.2, -0.15) is 0 Å². The Kier molecular flexibility index (Phi) is 3.26. The smallest absolute Gasteiger partial charge is 0.126 e. The molecule has 0 unspecified atom stereocenters. The molecule has 1 fully saturated rings. The van der Waals surface area contributed by atoms with E-state index in [0.29, 0.717) is 5.16 Å². The Morgan fingerprint density at radius 2 is 2.21 bits per heavy atom. The molecular formula is C9H14ClN3O. The normalized spacial score (nSPS) is 23.2. The van der Waals surface area contributed by atoms with E-state index in [2.05, 4.69) is 10.5 Å². The van der Waals surface area contributed by atoms with Gasteiger partial charge in [0.1, 0.15) is 5.16 Å². The largest absolute Gasteiger partial charge is 0.246 e. The van der Waals surface area contributed by atoms with Crippen LogP contribution in [0.2, 0.25) is 0 Å². The maximum absolute atomic E-state index is 5.77. The standard InChI is InChI=1S/C9H14ClN3O/c10-9-6-7-11-13(12-9)14-8-4-2-1-3-5-8/h6-8,12H,1-5H2. The van der Waals surface area contributed by atoms with E-state index in [1.807, 2.05) is 0 Å². The van der Waals surface area contributed by atoms with Crippen molar-refractivity contribution in [3.05, 3.63) is 11.2 Å². The first-order chi connectivity index (χ1) is 6.84. The number of allylic oxidation sites excluding steroid dienone is 1. The number of halogens is 1. The summed E-state index contributed by atoms with van der Waals surface area (Å²) in [4.78, 5) is 5.60. The van der Waals surface area contributed by atoms with Gasteiger partial charge in [0.15, 0.2) is 0 Å². The zero-order chi connectivity index (χ0) is 9.80. The van der Waals surface area contributed by atoms with Gasteiger partial charge in [-0.05, 0) is 18.9 Å². The Labute approximate surface area is 88.5 Å². The second-order valence-corrected chi connectivity index (χ2v) is 3.94. The van der Waals surface area contributed by atoms with E-state index >= 15 is 0 Å². The Bertz CT molecular complexity index is 248. The second kappa shape index (κ2) is 4.66. The summed E-state index contributed by atoms with van der Waals surface area (Å²) in [6.07, 6.45) is 9.58. The molecule has 0 spiro atoms. The molecule has 78 valence electrons. The first kappa shape index (κ1) is 9.80. The van der Waals surface area contributed by atoms with Crippen LogP contribution in [0.4, 0.5) is 0 Å². The van der Waals surface area contributed by atoms with Crippen molar-refractivity contribution >= 4 is 17.8 Å². The van der Waals surface area contributed by atoms with Crippen molar-refractivity contribution in [3.8, 4) is 0 Å². The van der Waals surface area contributed by atoms with Crippen LogP contribution in [-0.2, 0) is 4.84 Å². The Balaban J connectivity index is 1.80. The van der Waals surface area contributed by atoms with Crippen LogP contribution in [0.3, 0.4) is 0 Å². The van der Waals surface area contributed by atoms with Gasteiger partial charge in [-0.25, -0.2) is 10.3 Å². The molecule has 0 bridgehead atoms. The van der Waals surface area contributed by atoms with Crippen molar-refractivity contribution in [3.63, 3.8) is 0 Å². The highest BCUT2D eigenvalue weighted by Gasteiger charge is 2.18. The van der Waals surface area contributed by atoms with E-state index < -0.39 is 0 Å². The van der Waals surface area contributed by atoms with Crippen molar-refractivity contribution < 1.29 is 4.84 Å². The van der Waals surface area contributed by atoms with E-state index in [9.17, 15) is 0 Å². The number of rotatable bonds is 2. The molecule has 4 nitrogen and oxygen atoms in total. The van der Waals surface area contributed by atoms with Crippen LogP contribution >= 0.6 is 11.6 Å². The van der Waals surface area contributed by atoms with E-state index in [-0.39, 0.29) is 6.10 Å². The van der Waals surface area contributed by atoms with Crippen molar-refractivity contribution in [1.29, 1.82) is 0 Å². The lowest BCUT2D eigenvalue weighted by molar-refractivity contribution is -0.230. The Morgan fingerprint density at radius 1 is 1.43 bits per heavy atom. The number of hydrazone groups is 1. The monoisotopic (exact) mass is 215 g/mol. The van der Waals surface area contributed by atoms with Crippen LogP contribution < -0.4 is 5.43 Å². The molecule has 0 amide bonds. The van der Waals surface area contributed by atoms with Crippen molar-refractivity contribution in [2.75, 3.05) is 0 Å². The summed E-state index contributed by atoms with van der Waals surface area (Å²) in [5.41, 5.74) is 2.80. The van der Waals surface area contributed by atoms with Crippen LogP contribution in [0.25, 0.3) is 0 Å². The van der Waals surface area contributed by atoms with Crippen molar-refractivity contribution in [1.82, 2.24) is 10.7 Å². The van der Waals surface area contributed by atoms with Crippen LogP contribution in [0, 0.1) is 0 Å². The van der Waals surface area contributed by atoms with Crippen molar-refractivity contribution in [2.45, 2.75) is 38.2 Å². The van der Waals surface area contributed by atoms with Gasteiger partial charge in [-0.15, -0.1) is 5.10 Å². The summed E-state index contributed by atoms with van der Waals surface area (Å²) in [5, 5.41) is 5.86. The maximum atomic E-state index is 5.77. The minimum Gasteiger partial charge on any atom is -0.246 e. The molecule has 2 aliphatic rings. The van der Waals surface area contributed by atoms with Gasteiger partial charge in [-0.1, -0.05) is 36.1 Å². The highest BCUT2D eigenvalue weighted by molar-refractivity contribution is 6.30. The van der Waals surface area contributed by atoms with Gasteiger partial charge < -0.3 is 0 Å². The Hall–Kier alpha value is -0.740. The summed E-state index contributed by atoms with van der Waals surface area (Å²) in [6.45, 7) is 0.